The van der Waals surface area contributed by atoms with E-state index in [1.807, 2.05) is 18.2 Å². The Morgan fingerprint density at radius 3 is 2.44 bits per heavy atom. The number of benzene rings is 2. The Morgan fingerprint density at radius 1 is 1.17 bits per heavy atom. The van der Waals surface area contributed by atoms with E-state index in [1.54, 1.807) is 24.3 Å². The molecule has 0 saturated heterocycles. The summed E-state index contributed by atoms with van der Waals surface area (Å²) in [5.41, 5.74) is 0.557. The summed E-state index contributed by atoms with van der Waals surface area (Å²) in [6.45, 7) is 3.58. The van der Waals surface area contributed by atoms with Crippen LogP contribution in [0.25, 0.3) is 10.8 Å². The standard InChI is InChI=1S/C13H12O3S.Na/c1-2-5-11-9-8-10-6-3-4-7-12(10)13(11)17(14,15)16;/h2-4,6-9H,1,5H2,(H,14,15,16);. The number of fused-ring (bicyclic) bond motifs is 1. The van der Waals surface area contributed by atoms with Crippen LogP contribution in [-0.2, 0) is 16.5 Å². The van der Waals surface area contributed by atoms with E-state index in [0.717, 1.165) is 5.39 Å². The molecule has 18 heavy (non-hydrogen) atoms. The van der Waals surface area contributed by atoms with E-state index >= 15 is 0 Å². The molecule has 0 spiro atoms. The van der Waals surface area contributed by atoms with E-state index in [4.69, 9.17) is 0 Å². The second kappa shape index (κ2) is 5.99. The first-order valence-electron chi connectivity index (χ1n) is 5.13. The van der Waals surface area contributed by atoms with Crippen molar-refractivity contribution in [3.63, 3.8) is 0 Å². The molecule has 0 bridgehead atoms. The van der Waals surface area contributed by atoms with Crippen molar-refractivity contribution in [1.82, 2.24) is 0 Å². The van der Waals surface area contributed by atoms with Gasteiger partial charge in [0, 0.05) is 34.9 Å². The maximum Gasteiger partial charge on any atom is 0.295 e. The van der Waals surface area contributed by atoms with Gasteiger partial charge in [0.1, 0.15) is 4.90 Å². The summed E-state index contributed by atoms with van der Waals surface area (Å²) in [7, 11) is -4.23. The minimum Gasteiger partial charge on any atom is -0.282 e. The van der Waals surface area contributed by atoms with Crippen LogP contribution < -0.4 is 0 Å². The monoisotopic (exact) mass is 271 g/mol. The summed E-state index contributed by atoms with van der Waals surface area (Å²) in [5.74, 6) is 0. The van der Waals surface area contributed by atoms with E-state index in [1.165, 1.54) is 0 Å². The van der Waals surface area contributed by atoms with Gasteiger partial charge in [-0.25, -0.2) is 0 Å². The fraction of sp³-hybridized carbons (Fsp3) is 0.0769. The second-order valence-electron chi connectivity index (χ2n) is 3.74. The molecular weight excluding hydrogens is 259 g/mol. The first kappa shape index (κ1) is 15.4. The Bertz CT molecular complexity index is 678. The molecule has 1 N–H and O–H groups in total. The summed E-state index contributed by atoms with van der Waals surface area (Å²) >= 11 is 0. The van der Waals surface area contributed by atoms with Crippen LogP contribution in [-0.4, -0.2) is 42.5 Å². The minimum absolute atomic E-state index is 0. The van der Waals surface area contributed by atoms with Crippen molar-refractivity contribution < 1.29 is 13.0 Å². The zero-order valence-corrected chi connectivity index (χ0v) is 12.9. The van der Waals surface area contributed by atoms with Gasteiger partial charge in [-0.1, -0.05) is 42.5 Å². The first-order chi connectivity index (χ1) is 8.04. The van der Waals surface area contributed by atoms with Gasteiger partial charge in [-0.05, 0) is 17.4 Å². The average molecular weight is 271 g/mol. The molecule has 3 nitrogen and oxygen atoms in total. The SMILES string of the molecule is C=CCc1ccc2ccccc2c1S(=O)(=O)O.[Na]. The van der Waals surface area contributed by atoms with Crippen LogP contribution in [0, 0.1) is 0 Å². The largest absolute Gasteiger partial charge is 0.295 e. The third-order valence-corrected chi connectivity index (χ3v) is 3.58. The summed E-state index contributed by atoms with van der Waals surface area (Å²) in [4.78, 5) is -0.0181. The van der Waals surface area contributed by atoms with Crippen LogP contribution in [0.5, 0.6) is 0 Å². The smallest absolute Gasteiger partial charge is 0.282 e. The predicted octanol–water partition coefficient (Wildman–Crippen LogP) is 2.43. The molecule has 89 valence electrons. The van der Waals surface area contributed by atoms with E-state index < -0.39 is 10.1 Å². The van der Waals surface area contributed by atoms with Crippen molar-refractivity contribution >= 4 is 50.4 Å². The molecule has 2 aromatic rings. The molecule has 0 fully saturated rings. The van der Waals surface area contributed by atoms with Gasteiger partial charge in [0.15, 0.2) is 0 Å². The molecule has 2 rings (SSSR count). The van der Waals surface area contributed by atoms with Crippen molar-refractivity contribution in [2.75, 3.05) is 0 Å². The Labute approximate surface area is 129 Å². The maximum absolute atomic E-state index is 11.5. The van der Waals surface area contributed by atoms with Gasteiger partial charge in [0.2, 0.25) is 0 Å². The Kier molecular flexibility index (Phi) is 5.13. The zero-order chi connectivity index (χ0) is 12.5. The molecule has 0 unspecified atom stereocenters. The van der Waals surface area contributed by atoms with Crippen molar-refractivity contribution in [1.29, 1.82) is 0 Å². The molecule has 0 atom stereocenters. The quantitative estimate of drug-likeness (QED) is 0.530. The summed E-state index contributed by atoms with van der Waals surface area (Å²) in [6.07, 6.45) is 2.01. The second-order valence-corrected chi connectivity index (χ2v) is 5.10. The molecule has 0 saturated carbocycles. The van der Waals surface area contributed by atoms with Gasteiger partial charge in [-0.15, -0.1) is 6.58 Å². The van der Waals surface area contributed by atoms with Crippen molar-refractivity contribution in [2.45, 2.75) is 11.3 Å². The summed E-state index contributed by atoms with van der Waals surface area (Å²) in [5, 5.41) is 1.32. The van der Waals surface area contributed by atoms with E-state index in [9.17, 15) is 13.0 Å². The summed E-state index contributed by atoms with van der Waals surface area (Å²) in [6, 6.07) is 10.6. The Balaban J connectivity index is 0.00000162. The molecule has 0 heterocycles. The minimum atomic E-state index is -4.23. The summed E-state index contributed by atoms with van der Waals surface area (Å²) < 4.78 is 32.3. The van der Waals surface area contributed by atoms with Crippen molar-refractivity contribution in [3.8, 4) is 0 Å². The fourth-order valence-corrected chi connectivity index (χ4v) is 2.86. The molecule has 2 aromatic carbocycles. The predicted molar refractivity (Wildman–Crippen MR) is 73.4 cm³/mol. The van der Waals surface area contributed by atoms with E-state index in [-0.39, 0.29) is 34.5 Å². The van der Waals surface area contributed by atoms with Crippen LogP contribution in [0.4, 0.5) is 0 Å². The molecule has 1 radical (unpaired) electrons. The van der Waals surface area contributed by atoms with Gasteiger partial charge in [0.05, 0.1) is 0 Å². The molecule has 0 aliphatic rings. The topological polar surface area (TPSA) is 54.4 Å². The van der Waals surface area contributed by atoms with Crippen LogP contribution in [0.1, 0.15) is 5.56 Å². The van der Waals surface area contributed by atoms with E-state index in [0.29, 0.717) is 17.4 Å². The Morgan fingerprint density at radius 2 is 1.83 bits per heavy atom. The van der Waals surface area contributed by atoms with Crippen LogP contribution in [0.15, 0.2) is 53.9 Å². The van der Waals surface area contributed by atoms with Gasteiger partial charge < -0.3 is 0 Å². The average Bonchev–Trinajstić information content (AvgIpc) is 2.27. The number of hydrogen-bond donors (Lipinski definition) is 1. The molecule has 5 heteroatoms. The number of hydrogen-bond acceptors (Lipinski definition) is 2. The Hall–Kier alpha value is -0.650. The third kappa shape index (κ3) is 3.02. The van der Waals surface area contributed by atoms with Gasteiger partial charge >= 0.3 is 0 Å². The number of rotatable bonds is 3. The normalized spacial score (nSPS) is 10.9. The molecule has 0 aromatic heterocycles. The van der Waals surface area contributed by atoms with Crippen LogP contribution in [0.3, 0.4) is 0 Å². The van der Waals surface area contributed by atoms with Crippen molar-refractivity contribution in [3.05, 3.63) is 54.6 Å². The zero-order valence-electron chi connectivity index (χ0n) is 10.1. The fourth-order valence-electron chi connectivity index (χ4n) is 1.91. The van der Waals surface area contributed by atoms with Crippen LogP contribution in [0.2, 0.25) is 0 Å². The molecule has 0 aliphatic carbocycles. The molecular formula is C13H12NaO3S. The van der Waals surface area contributed by atoms with Gasteiger partial charge in [-0.2, -0.15) is 8.42 Å². The van der Waals surface area contributed by atoms with E-state index in [2.05, 4.69) is 6.58 Å². The third-order valence-electron chi connectivity index (χ3n) is 2.58. The maximum atomic E-state index is 11.5. The van der Waals surface area contributed by atoms with Crippen molar-refractivity contribution in [2.24, 2.45) is 0 Å². The van der Waals surface area contributed by atoms with Crippen LogP contribution >= 0.6 is 0 Å². The van der Waals surface area contributed by atoms with Gasteiger partial charge in [0.25, 0.3) is 10.1 Å². The number of allylic oxidation sites excluding steroid dienone is 1. The first-order valence-corrected chi connectivity index (χ1v) is 6.57. The molecule has 0 amide bonds. The van der Waals surface area contributed by atoms with Gasteiger partial charge in [-0.3, -0.25) is 4.55 Å². The molecule has 0 aliphatic heterocycles.